The van der Waals surface area contributed by atoms with E-state index in [1.165, 1.54) is 19.3 Å². The fourth-order valence-corrected chi connectivity index (χ4v) is 4.65. The summed E-state index contributed by atoms with van der Waals surface area (Å²) in [6.45, 7) is 3.95. The molecule has 4 heteroatoms. The first-order valence-corrected chi connectivity index (χ1v) is 7.96. The van der Waals surface area contributed by atoms with E-state index in [-0.39, 0.29) is 18.0 Å². The number of nitrogens with zero attached hydrogens (tertiary/aromatic N) is 1. The Kier molecular flexibility index (Phi) is 3.10. The maximum Gasteiger partial charge on any atom is 0.168 e. The quantitative estimate of drug-likeness (QED) is 0.820. The average molecular weight is 267 g/mol. The topological polar surface area (TPSA) is 41.9 Å². The van der Waals surface area contributed by atoms with Gasteiger partial charge in [0.05, 0.1) is 18.8 Å². The number of fused-ring (bicyclic) bond motifs is 1. The highest BCUT2D eigenvalue weighted by Gasteiger charge is 2.46. The summed E-state index contributed by atoms with van der Waals surface area (Å²) in [4.78, 5) is 2.49. The number of hydrogen-bond donors (Lipinski definition) is 1. The first-order chi connectivity index (χ1) is 9.24. The lowest BCUT2D eigenvalue weighted by atomic mass is 10.00. The number of likely N-dealkylation sites (tertiary alicyclic amines) is 1. The molecule has 4 aliphatic rings. The Labute approximate surface area is 115 Å². The predicted octanol–water partition coefficient (Wildman–Crippen LogP) is 1.37. The third kappa shape index (κ3) is 2.23. The second-order valence-corrected chi connectivity index (χ2v) is 6.96. The molecule has 19 heavy (non-hydrogen) atoms. The molecule has 0 aromatic carbocycles. The maximum absolute atomic E-state index is 9.96. The third-order valence-electron chi connectivity index (χ3n) is 5.64. The second-order valence-electron chi connectivity index (χ2n) is 6.96. The maximum atomic E-state index is 9.96. The summed E-state index contributed by atoms with van der Waals surface area (Å²) in [6, 6.07) is 0. The van der Waals surface area contributed by atoms with E-state index in [1.54, 1.807) is 0 Å². The Hall–Kier alpha value is -0.160. The van der Waals surface area contributed by atoms with Crippen LogP contribution >= 0.6 is 0 Å². The van der Waals surface area contributed by atoms with Crippen LogP contribution in [-0.2, 0) is 9.47 Å². The van der Waals surface area contributed by atoms with Crippen molar-refractivity contribution in [1.29, 1.82) is 0 Å². The van der Waals surface area contributed by atoms with Crippen molar-refractivity contribution in [2.75, 3.05) is 26.2 Å². The Balaban J connectivity index is 1.32. The zero-order chi connectivity index (χ0) is 12.9. The molecule has 0 amide bonds. The molecule has 0 radical (unpaired) electrons. The lowest BCUT2D eigenvalue weighted by molar-refractivity contribution is -0.163. The zero-order valence-corrected chi connectivity index (χ0v) is 11.6. The van der Waals surface area contributed by atoms with Gasteiger partial charge in [-0.3, -0.25) is 4.90 Å². The van der Waals surface area contributed by atoms with Gasteiger partial charge in [0.1, 0.15) is 0 Å². The van der Waals surface area contributed by atoms with Crippen LogP contribution < -0.4 is 0 Å². The van der Waals surface area contributed by atoms with Crippen LogP contribution in [0.4, 0.5) is 0 Å². The summed E-state index contributed by atoms with van der Waals surface area (Å²) >= 11 is 0. The smallest absolute Gasteiger partial charge is 0.168 e. The summed E-state index contributed by atoms with van der Waals surface area (Å²) in [5, 5.41) is 9.96. The number of hydrogen-bond acceptors (Lipinski definition) is 4. The van der Waals surface area contributed by atoms with Crippen molar-refractivity contribution >= 4 is 0 Å². The second kappa shape index (κ2) is 4.69. The van der Waals surface area contributed by atoms with E-state index in [4.69, 9.17) is 9.47 Å². The highest BCUT2D eigenvalue weighted by molar-refractivity contribution is 4.95. The van der Waals surface area contributed by atoms with Crippen LogP contribution in [0.1, 0.15) is 38.5 Å². The molecule has 2 heterocycles. The van der Waals surface area contributed by atoms with Crippen LogP contribution in [0.25, 0.3) is 0 Å². The van der Waals surface area contributed by atoms with E-state index in [0.29, 0.717) is 5.92 Å². The van der Waals surface area contributed by atoms with Crippen LogP contribution in [0.5, 0.6) is 0 Å². The summed E-state index contributed by atoms with van der Waals surface area (Å²) in [5.41, 5.74) is 0. The minimum atomic E-state index is -0.222. The van der Waals surface area contributed by atoms with Crippen molar-refractivity contribution in [3.05, 3.63) is 0 Å². The van der Waals surface area contributed by atoms with Crippen molar-refractivity contribution in [2.24, 2.45) is 11.8 Å². The normalized spacial score (nSPS) is 45.3. The van der Waals surface area contributed by atoms with Gasteiger partial charge in [-0.15, -0.1) is 0 Å². The van der Waals surface area contributed by atoms with Gasteiger partial charge < -0.3 is 14.6 Å². The van der Waals surface area contributed by atoms with Crippen LogP contribution in [0.3, 0.4) is 0 Å². The average Bonchev–Trinajstić information content (AvgIpc) is 3.12. The molecule has 2 aliphatic carbocycles. The van der Waals surface area contributed by atoms with Crippen LogP contribution in [0, 0.1) is 11.8 Å². The van der Waals surface area contributed by atoms with Gasteiger partial charge in [-0.05, 0) is 31.6 Å². The molecule has 2 saturated carbocycles. The molecule has 108 valence electrons. The van der Waals surface area contributed by atoms with Gasteiger partial charge in [0, 0.05) is 38.4 Å². The molecule has 4 atom stereocenters. The molecule has 1 N–H and O–H groups in total. The molecule has 4 rings (SSSR count). The van der Waals surface area contributed by atoms with Crippen molar-refractivity contribution in [1.82, 2.24) is 4.90 Å². The van der Waals surface area contributed by atoms with Crippen LogP contribution in [0.15, 0.2) is 0 Å². The molecule has 4 nitrogen and oxygen atoms in total. The Morgan fingerprint density at radius 2 is 2.00 bits per heavy atom. The number of aliphatic hydroxyl groups is 1. The molecule has 2 aliphatic heterocycles. The molecule has 2 saturated heterocycles. The molecule has 4 unspecified atom stereocenters. The third-order valence-corrected chi connectivity index (χ3v) is 5.64. The SMILES string of the molecule is OC1CCC2CN(CC3COC4(CCCC4)O3)CC12. The highest BCUT2D eigenvalue weighted by atomic mass is 16.7. The number of rotatable bonds is 2. The molecule has 0 bridgehead atoms. The van der Waals surface area contributed by atoms with Gasteiger partial charge >= 0.3 is 0 Å². The summed E-state index contributed by atoms with van der Waals surface area (Å²) in [6.07, 6.45) is 7.04. The van der Waals surface area contributed by atoms with E-state index in [1.807, 2.05) is 0 Å². The van der Waals surface area contributed by atoms with Crippen molar-refractivity contribution in [3.8, 4) is 0 Å². The summed E-state index contributed by atoms with van der Waals surface area (Å²) < 4.78 is 12.1. The van der Waals surface area contributed by atoms with Gasteiger partial charge in [-0.2, -0.15) is 0 Å². The van der Waals surface area contributed by atoms with Crippen molar-refractivity contribution < 1.29 is 14.6 Å². The highest BCUT2D eigenvalue weighted by Crippen LogP contribution is 2.41. The lowest BCUT2D eigenvalue weighted by Crippen LogP contribution is -2.35. The summed E-state index contributed by atoms with van der Waals surface area (Å²) in [7, 11) is 0. The molecular formula is C15H25NO3. The van der Waals surface area contributed by atoms with Crippen molar-refractivity contribution in [3.63, 3.8) is 0 Å². The Bertz CT molecular complexity index is 342. The van der Waals surface area contributed by atoms with Gasteiger partial charge in [0.2, 0.25) is 0 Å². The predicted molar refractivity (Wildman–Crippen MR) is 70.7 cm³/mol. The van der Waals surface area contributed by atoms with Crippen LogP contribution in [0.2, 0.25) is 0 Å². The van der Waals surface area contributed by atoms with E-state index < -0.39 is 0 Å². The summed E-state index contributed by atoms with van der Waals surface area (Å²) in [5.74, 6) is 1.01. The minimum absolute atomic E-state index is 0.0584. The fourth-order valence-electron chi connectivity index (χ4n) is 4.65. The molecule has 0 aromatic rings. The van der Waals surface area contributed by atoms with E-state index >= 15 is 0 Å². The van der Waals surface area contributed by atoms with Crippen molar-refractivity contribution in [2.45, 2.75) is 56.5 Å². The standard InChI is InChI=1S/C15H25NO3/c17-14-4-3-11-7-16(9-13(11)14)8-12-10-18-15(19-12)5-1-2-6-15/h11-14,17H,1-10H2. The van der Waals surface area contributed by atoms with Gasteiger partial charge in [-0.25, -0.2) is 0 Å². The fraction of sp³-hybridized carbons (Fsp3) is 1.00. The Morgan fingerprint density at radius 3 is 2.79 bits per heavy atom. The first kappa shape index (κ1) is 12.6. The zero-order valence-electron chi connectivity index (χ0n) is 11.6. The van der Waals surface area contributed by atoms with E-state index in [0.717, 1.165) is 51.4 Å². The number of ether oxygens (including phenoxy) is 2. The van der Waals surface area contributed by atoms with Crippen LogP contribution in [-0.4, -0.2) is 54.2 Å². The number of aliphatic hydroxyl groups excluding tert-OH is 1. The van der Waals surface area contributed by atoms with E-state index in [9.17, 15) is 5.11 Å². The molecular weight excluding hydrogens is 242 g/mol. The largest absolute Gasteiger partial charge is 0.393 e. The monoisotopic (exact) mass is 267 g/mol. The molecule has 0 aromatic heterocycles. The van der Waals surface area contributed by atoms with E-state index in [2.05, 4.69) is 4.90 Å². The molecule has 1 spiro atoms. The molecule has 4 fully saturated rings. The Morgan fingerprint density at radius 1 is 1.16 bits per heavy atom. The van der Waals surface area contributed by atoms with Gasteiger partial charge in [0.25, 0.3) is 0 Å². The van der Waals surface area contributed by atoms with Gasteiger partial charge in [-0.1, -0.05) is 0 Å². The minimum Gasteiger partial charge on any atom is -0.393 e. The van der Waals surface area contributed by atoms with Gasteiger partial charge in [0.15, 0.2) is 5.79 Å². The lowest BCUT2D eigenvalue weighted by Gasteiger charge is -2.24. The first-order valence-electron chi connectivity index (χ1n) is 7.96.